The van der Waals surface area contributed by atoms with Crippen LogP contribution in [0.15, 0.2) is 42.5 Å². The van der Waals surface area contributed by atoms with Gasteiger partial charge in [-0.1, -0.05) is 66.7 Å². The zero-order valence-corrected chi connectivity index (χ0v) is 16.6. The van der Waals surface area contributed by atoms with E-state index in [0.717, 1.165) is 12.0 Å². The molecule has 2 rings (SSSR count). The number of benzene rings is 2. The van der Waals surface area contributed by atoms with Gasteiger partial charge in [0, 0.05) is 5.41 Å². The highest BCUT2D eigenvalue weighted by molar-refractivity contribution is 5.49. The largest absolute Gasteiger partial charge is 0.508 e. The molecule has 0 spiro atoms. The minimum absolute atomic E-state index is 0.0792. The summed E-state index contributed by atoms with van der Waals surface area (Å²) in [6.45, 7) is 15.6. The van der Waals surface area contributed by atoms with Crippen LogP contribution in [-0.4, -0.2) is 10.2 Å². The number of rotatable bonds is 3. The van der Waals surface area contributed by atoms with Crippen LogP contribution < -0.4 is 0 Å². The molecule has 0 fully saturated rings. The van der Waals surface area contributed by atoms with Crippen molar-refractivity contribution >= 4 is 0 Å². The summed E-state index contributed by atoms with van der Waals surface area (Å²) in [5, 5.41) is 19.8. The van der Waals surface area contributed by atoms with Crippen molar-refractivity contribution in [2.24, 2.45) is 5.41 Å². The molecule has 1 atom stereocenters. The summed E-state index contributed by atoms with van der Waals surface area (Å²) < 4.78 is 0. The van der Waals surface area contributed by atoms with Gasteiger partial charge in [0.15, 0.2) is 0 Å². The lowest BCUT2D eigenvalue weighted by Crippen LogP contribution is -2.32. The Morgan fingerprint density at radius 1 is 0.680 bits per heavy atom. The number of phenolic OH excluding ortho intramolecular Hbond substituents is 2. The second-order valence-electron chi connectivity index (χ2n) is 9.60. The Balaban J connectivity index is 2.75. The Labute approximate surface area is 152 Å². The number of hydrogen-bond donors (Lipinski definition) is 2. The molecular weight excluding hydrogens is 308 g/mol. The molecule has 25 heavy (non-hydrogen) atoms. The first-order chi connectivity index (χ1) is 11.3. The van der Waals surface area contributed by atoms with E-state index in [0.29, 0.717) is 5.75 Å². The van der Waals surface area contributed by atoms with E-state index in [1.807, 2.05) is 18.2 Å². The average Bonchev–Trinajstić information content (AvgIpc) is 2.44. The molecule has 1 unspecified atom stereocenters. The van der Waals surface area contributed by atoms with Crippen molar-refractivity contribution in [2.45, 2.75) is 65.7 Å². The highest BCUT2D eigenvalue weighted by Crippen LogP contribution is 2.46. The van der Waals surface area contributed by atoms with Crippen LogP contribution in [0.1, 0.15) is 71.6 Å². The fourth-order valence-corrected chi connectivity index (χ4v) is 3.88. The summed E-state index contributed by atoms with van der Waals surface area (Å²) >= 11 is 0. The number of hydrogen-bond acceptors (Lipinski definition) is 2. The third-order valence-electron chi connectivity index (χ3n) is 4.79. The highest BCUT2D eigenvalue weighted by atomic mass is 16.3. The van der Waals surface area contributed by atoms with Crippen molar-refractivity contribution in [1.82, 2.24) is 0 Å². The van der Waals surface area contributed by atoms with E-state index in [1.54, 1.807) is 18.2 Å². The second-order valence-corrected chi connectivity index (χ2v) is 9.60. The first-order valence-corrected chi connectivity index (χ1v) is 8.96. The van der Waals surface area contributed by atoms with E-state index >= 15 is 0 Å². The van der Waals surface area contributed by atoms with Crippen LogP contribution in [0.4, 0.5) is 0 Å². The maximum Gasteiger partial charge on any atom is 0.115 e. The van der Waals surface area contributed by atoms with Crippen molar-refractivity contribution < 1.29 is 10.2 Å². The van der Waals surface area contributed by atoms with Crippen LogP contribution in [0.5, 0.6) is 11.5 Å². The smallest absolute Gasteiger partial charge is 0.115 e. The molecule has 0 saturated heterocycles. The van der Waals surface area contributed by atoms with Gasteiger partial charge in [0.25, 0.3) is 0 Å². The minimum Gasteiger partial charge on any atom is -0.508 e. The van der Waals surface area contributed by atoms with Crippen molar-refractivity contribution in [3.8, 4) is 11.5 Å². The van der Waals surface area contributed by atoms with E-state index in [2.05, 4.69) is 54.5 Å². The molecule has 2 N–H and O–H groups in total. The van der Waals surface area contributed by atoms with Gasteiger partial charge in [-0.2, -0.15) is 0 Å². The third-order valence-corrected chi connectivity index (χ3v) is 4.79. The van der Waals surface area contributed by atoms with Gasteiger partial charge in [0.2, 0.25) is 0 Å². The molecule has 2 nitrogen and oxygen atoms in total. The van der Waals surface area contributed by atoms with Crippen LogP contribution in [0, 0.1) is 5.41 Å². The maximum atomic E-state index is 10.1. The van der Waals surface area contributed by atoms with E-state index in [4.69, 9.17) is 0 Å². The zero-order chi connectivity index (χ0) is 19.0. The molecule has 2 aromatic carbocycles. The topological polar surface area (TPSA) is 40.5 Å². The van der Waals surface area contributed by atoms with Gasteiger partial charge in [0.1, 0.15) is 11.5 Å². The lowest BCUT2D eigenvalue weighted by atomic mass is 9.64. The van der Waals surface area contributed by atoms with Crippen molar-refractivity contribution in [1.29, 1.82) is 0 Å². The van der Waals surface area contributed by atoms with Gasteiger partial charge in [0.05, 0.1) is 0 Å². The van der Waals surface area contributed by atoms with Gasteiger partial charge in [-0.15, -0.1) is 0 Å². The Bertz CT molecular complexity index is 730. The van der Waals surface area contributed by atoms with Crippen LogP contribution in [0.25, 0.3) is 0 Å². The van der Waals surface area contributed by atoms with Crippen LogP contribution in [-0.2, 0) is 10.8 Å². The molecule has 0 aliphatic carbocycles. The Hall–Kier alpha value is -1.96. The highest BCUT2D eigenvalue weighted by Gasteiger charge is 2.37. The Kier molecular flexibility index (Phi) is 4.96. The molecule has 0 radical (unpaired) electrons. The molecule has 0 aliphatic heterocycles. The standard InChI is InChI=1S/C23H32O2/c1-21(2,3)15-23(7,16-8-10-17(24)11-9-16)19-13-12-18(25)14-20(19)22(4,5)6/h8-14,24-25H,15H2,1-7H3. The quantitative estimate of drug-likeness (QED) is 0.705. The molecule has 0 amide bonds. The average molecular weight is 341 g/mol. The van der Waals surface area contributed by atoms with Gasteiger partial charge >= 0.3 is 0 Å². The zero-order valence-electron chi connectivity index (χ0n) is 16.6. The van der Waals surface area contributed by atoms with Gasteiger partial charge in [-0.25, -0.2) is 0 Å². The predicted molar refractivity (Wildman–Crippen MR) is 105 cm³/mol. The fourth-order valence-electron chi connectivity index (χ4n) is 3.88. The first kappa shape index (κ1) is 19.4. The van der Waals surface area contributed by atoms with Gasteiger partial charge < -0.3 is 10.2 Å². The van der Waals surface area contributed by atoms with Gasteiger partial charge in [-0.3, -0.25) is 0 Å². The summed E-state index contributed by atoms with van der Waals surface area (Å²) in [5.74, 6) is 0.584. The summed E-state index contributed by atoms with van der Waals surface area (Å²) in [6, 6.07) is 13.3. The van der Waals surface area contributed by atoms with E-state index in [1.165, 1.54) is 11.1 Å². The molecule has 0 bridgehead atoms. The number of phenols is 2. The van der Waals surface area contributed by atoms with E-state index in [-0.39, 0.29) is 22.0 Å². The maximum absolute atomic E-state index is 10.1. The molecule has 0 saturated carbocycles. The second kappa shape index (κ2) is 6.40. The van der Waals surface area contributed by atoms with Crippen LogP contribution in [0.2, 0.25) is 0 Å². The molecule has 0 aromatic heterocycles. The molecule has 136 valence electrons. The lowest BCUT2D eigenvalue weighted by molar-refractivity contribution is 0.296. The normalized spacial score (nSPS) is 15.0. The van der Waals surface area contributed by atoms with E-state index in [9.17, 15) is 10.2 Å². The first-order valence-electron chi connectivity index (χ1n) is 8.96. The lowest BCUT2D eigenvalue weighted by Gasteiger charge is -2.40. The van der Waals surface area contributed by atoms with Crippen LogP contribution in [0.3, 0.4) is 0 Å². The van der Waals surface area contributed by atoms with Crippen LogP contribution >= 0.6 is 0 Å². The summed E-state index contributed by atoms with van der Waals surface area (Å²) in [7, 11) is 0. The molecule has 2 heteroatoms. The Morgan fingerprint density at radius 3 is 1.68 bits per heavy atom. The molecular formula is C23H32O2. The van der Waals surface area contributed by atoms with Crippen molar-refractivity contribution in [3.63, 3.8) is 0 Å². The minimum atomic E-state index is -0.220. The summed E-state index contributed by atoms with van der Waals surface area (Å²) in [4.78, 5) is 0. The Morgan fingerprint density at radius 2 is 1.20 bits per heavy atom. The molecule has 0 heterocycles. The van der Waals surface area contributed by atoms with Crippen molar-refractivity contribution in [2.75, 3.05) is 0 Å². The number of aromatic hydroxyl groups is 2. The van der Waals surface area contributed by atoms with Crippen molar-refractivity contribution in [3.05, 3.63) is 59.2 Å². The predicted octanol–water partition coefficient (Wildman–Crippen LogP) is 6.14. The third kappa shape index (κ3) is 4.36. The SMILES string of the molecule is CC(C)(C)CC(C)(c1ccc(O)cc1)c1ccc(O)cc1C(C)(C)C. The summed E-state index contributed by atoms with van der Waals surface area (Å²) in [6.07, 6.45) is 0.957. The monoisotopic (exact) mass is 340 g/mol. The molecule has 2 aromatic rings. The van der Waals surface area contributed by atoms with E-state index < -0.39 is 0 Å². The fraction of sp³-hybridized carbons (Fsp3) is 0.478. The van der Waals surface area contributed by atoms with Gasteiger partial charge in [-0.05, 0) is 58.2 Å². The summed E-state index contributed by atoms with van der Waals surface area (Å²) in [5.41, 5.74) is 3.40. The molecule has 0 aliphatic rings.